The number of aryl methyl sites for hydroxylation is 1. The second kappa shape index (κ2) is 11.6. The predicted molar refractivity (Wildman–Crippen MR) is 145 cm³/mol. The SMILES string of the molecule is CCCCCc1ccc(S(=O)(=O)NCCc2c(-c3cc(OC)ccc3OC)[nH]c3ccccc23)cc1. The minimum absolute atomic E-state index is 0.266. The van der Waals surface area contributed by atoms with E-state index in [1.165, 1.54) is 12.8 Å². The molecular weight excluding hydrogens is 472 g/mol. The zero-order valence-electron chi connectivity index (χ0n) is 21.1. The van der Waals surface area contributed by atoms with Gasteiger partial charge in [-0.05, 0) is 66.8 Å². The zero-order chi connectivity index (χ0) is 25.5. The number of benzene rings is 3. The van der Waals surface area contributed by atoms with Gasteiger partial charge in [-0.2, -0.15) is 0 Å². The van der Waals surface area contributed by atoms with Crippen LogP contribution in [0.1, 0.15) is 37.3 Å². The molecule has 0 amide bonds. The molecule has 4 aromatic rings. The summed E-state index contributed by atoms with van der Waals surface area (Å²) in [6.45, 7) is 2.44. The molecule has 36 heavy (non-hydrogen) atoms. The standard InChI is InChI=1S/C29H34N2O4S/c1-4-5-6-9-21-12-15-23(16-13-21)36(32,33)30-19-18-25-24-10-7-8-11-27(24)31-29(25)26-20-22(34-2)14-17-28(26)35-3/h7-8,10-17,20,30-31H,4-6,9,18-19H2,1-3H3. The number of fused-ring (bicyclic) bond motifs is 1. The van der Waals surface area contributed by atoms with E-state index >= 15 is 0 Å². The third-order valence-electron chi connectivity index (χ3n) is 6.46. The number of aromatic nitrogens is 1. The highest BCUT2D eigenvalue weighted by atomic mass is 32.2. The van der Waals surface area contributed by atoms with Crippen molar-refractivity contribution in [3.63, 3.8) is 0 Å². The highest BCUT2D eigenvalue weighted by molar-refractivity contribution is 7.89. The molecule has 3 aromatic carbocycles. The maximum Gasteiger partial charge on any atom is 0.240 e. The van der Waals surface area contributed by atoms with Crippen molar-refractivity contribution in [2.24, 2.45) is 0 Å². The first-order chi connectivity index (χ1) is 17.5. The Kier molecular flexibility index (Phi) is 8.33. The van der Waals surface area contributed by atoms with Gasteiger partial charge in [-0.1, -0.05) is 50.1 Å². The minimum atomic E-state index is -3.61. The van der Waals surface area contributed by atoms with Crippen LogP contribution in [0.15, 0.2) is 71.6 Å². The second-order valence-electron chi connectivity index (χ2n) is 8.84. The average Bonchev–Trinajstić information content (AvgIpc) is 3.27. The lowest BCUT2D eigenvalue weighted by Gasteiger charge is -2.12. The van der Waals surface area contributed by atoms with E-state index in [1.54, 1.807) is 26.4 Å². The summed E-state index contributed by atoms with van der Waals surface area (Å²) in [4.78, 5) is 3.79. The van der Waals surface area contributed by atoms with Crippen molar-refractivity contribution < 1.29 is 17.9 Å². The highest BCUT2D eigenvalue weighted by Gasteiger charge is 2.19. The lowest BCUT2D eigenvalue weighted by Crippen LogP contribution is -2.26. The van der Waals surface area contributed by atoms with Crippen LogP contribution in [-0.4, -0.2) is 34.2 Å². The van der Waals surface area contributed by atoms with Gasteiger partial charge in [0.25, 0.3) is 0 Å². The van der Waals surface area contributed by atoms with Gasteiger partial charge in [-0.15, -0.1) is 0 Å². The van der Waals surface area contributed by atoms with Crippen molar-refractivity contribution in [1.29, 1.82) is 0 Å². The summed E-state index contributed by atoms with van der Waals surface area (Å²) < 4.78 is 39.8. The topological polar surface area (TPSA) is 80.4 Å². The van der Waals surface area contributed by atoms with Gasteiger partial charge in [-0.25, -0.2) is 13.1 Å². The minimum Gasteiger partial charge on any atom is -0.497 e. The van der Waals surface area contributed by atoms with E-state index in [4.69, 9.17) is 9.47 Å². The van der Waals surface area contributed by atoms with Crippen LogP contribution in [0.4, 0.5) is 0 Å². The van der Waals surface area contributed by atoms with Crippen molar-refractivity contribution in [1.82, 2.24) is 9.71 Å². The van der Waals surface area contributed by atoms with E-state index in [2.05, 4.69) is 16.6 Å². The molecule has 0 radical (unpaired) electrons. The number of hydrogen-bond acceptors (Lipinski definition) is 4. The molecule has 6 nitrogen and oxygen atoms in total. The van der Waals surface area contributed by atoms with Gasteiger partial charge in [0.15, 0.2) is 0 Å². The first kappa shape index (κ1) is 25.8. The molecule has 0 aliphatic rings. The molecule has 0 bridgehead atoms. The Bertz CT molecular complexity index is 1410. The van der Waals surface area contributed by atoms with E-state index in [-0.39, 0.29) is 11.4 Å². The maximum absolute atomic E-state index is 13.0. The highest BCUT2D eigenvalue weighted by Crippen LogP contribution is 2.38. The van der Waals surface area contributed by atoms with Crippen LogP contribution in [0.25, 0.3) is 22.2 Å². The fourth-order valence-electron chi connectivity index (χ4n) is 4.51. The third-order valence-corrected chi connectivity index (χ3v) is 7.94. The van der Waals surface area contributed by atoms with Crippen LogP contribution in [-0.2, 0) is 22.9 Å². The maximum atomic E-state index is 13.0. The molecule has 4 rings (SSSR count). The second-order valence-corrected chi connectivity index (χ2v) is 10.6. The van der Waals surface area contributed by atoms with E-state index < -0.39 is 10.0 Å². The first-order valence-corrected chi connectivity index (χ1v) is 13.9. The summed E-state index contributed by atoms with van der Waals surface area (Å²) in [6.07, 6.45) is 4.94. The Hall–Kier alpha value is -3.29. The number of unbranched alkanes of at least 4 members (excludes halogenated alkanes) is 2. The molecule has 0 atom stereocenters. The van der Waals surface area contributed by atoms with Crippen LogP contribution in [0.5, 0.6) is 11.5 Å². The summed E-state index contributed by atoms with van der Waals surface area (Å²) in [6, 6.07) is 20.9. The monoisotopic (exact) mass is 506 g/mol. The van der Waals surface area contributed by atoms with Crippen LogP contribution in [0.3, 0.4) is 0 Å². The summed E-state index contributed by atoms with van der Waals surface area (Å²) in [5.74, 6) is 1.43. The van der Waals surface area contributed by atoms with E-state index in [0.29, 0.717) is 17.9 Å². The van der Waals surface area contributed by atoms with Crippen molar-refractivity contribution in [3.05, 3.63) is 77.9 Å². The number of rotatable bonds is 12. The summed E-state index contributed by atoms with van der Waals surface area (Å²) in [5.41, 5.74) is 4.92. The molecule has 2 N–H and O–H groups in total. The Morgan fingerprint density at radius 1 is 0.889 bits per heavy atom. The molecule has 0 aliphatic carbocycles. The number of ether oxygens (including phenoxy) is 2. The number of methoxy groups -OCH3 is 2. The quantitative estimate of drug-likeness (QED) is 0.227. The van der Waals surface area contributed by atoms with Crippen molar-refractivity contribution in [2.75, 3.05) is 20.8 Å². The molecule has 190 valence electrons. The Morgan fingerprint density at radius 3 is 2.39 bits per heavy atom. The fraction of sp³-hybridized carbons (Fsp3) is 0.310. The Labute approximate surface area is 213 Å². The van der Waals surface area contributed by atoms with Gasteiger partial charge in [0.2, 0.25) is 10.0 Å². The number of para-hydroxylation sites is 1. The number of nitrogens with one attached hydrogen (secondary N) is 2. The molecule has 0 saturated carbocycles. The van der Waals surface area contributed by atoms with Crippen molar-refractivity contribution in [3.8, 4) is 22.8 Å². The molecule has 1 aromatic heterocycles. The van der Waals surface area contributed by atoms with E-state index in [9.17, 15) is 8.42 Å². The summed E-state index contributed by atoms with van der Waals surface area (Å²) in [5, 5.41) is 1.05. The first-order valence-electron chi connectivity index (χ1n) is 12.4. The fourth-order valence-corrected chi connectivity index (χ4v) is 5.54. The van der Waals surface area contributed by atoms with E-state index in [0.717, 1.165) is 46.1 Å². The number of H-pyrrole nitrogens is 1. The summed E-state index contributed by atoms with van der Waals surface area (Å²) in [7, 11) is -0.350. The van der Waals surface area contributed by atoms with Crippen LogP contribution in [0.2, 0.25) is 0 Å². The van der Waals surface area contributed by atoms with Crippen LogP contribution in [0, 0.1) is 0 Å². The smallest absolute Gasteiger partial charge is 0.240 e. The third kappa shape index (κ3) is 5.74. The normalized spacial score (nSPS) is 11.6. The van der Waals surface area contributed by atoms with E-state index in [1.807, 2.05) is 54.6 Å². The molecule has 0 unspecified atom stereocenters. The largest absolute Gasteiger partial charge is 0.497 e. The van der Waals surface area contributed by atoms with Gasteiger partial charge in [0, 0.05) is 23.0 Å². The Morgan fingerprint density at radius 2 is 1.67 bits per heavy atom. The molecule has 0 fully saturated rings. The van der Waals surface area contributed by atoms with Crippen molar-refractivity contribution in [2.45, 2.75) is 43.9 Å². The number of sulfonamides is 1. The molecule has 1 heterocycles. The van der Waals surface area contributed by atoms with Gasteiger partial charge in [0.1, 0.15) is 11.5 Å². The summed E-state index contributed by atoms with van der Waals surface area (Å²) >= 11 is 0. The molecule has 7 heteroatoms. The van der Waals surface area contributed by atoms with Gasteiger partial charge < -0.3 is 14.5 Å². The Balaban J connectivity index is 1.56. The molecular formula is C29H34N2O4S. The number of aromatic amines is 1. The molecule has 0 saturated heterocycles. The van der Waals surface area contributed by atoms with Gasteiger partial charge >= 0.3 is 0 Å². The van der Waals surface area contributed by atoms with Crippen LogP contribution >= 0.6 is 0 Å². The van der Waals surface area contributed by atoms with Gasteiger partial charge in [0.05, 0.1) is 24.8 Å². The molecule has 0 spiro atoms. The predicted octanol–water partition coefficient (Wildman–Crippen LogP) is 6.11. The zero-order valence-corrected chi connectivity index (χ0v) is 22.0. The van der Waals surface area contributed by atoms with Gasteiger partial charge in [-0.3, -0.25) is 0 Å². The average molecular weight is 507 g/mol. The molecule has 0 aliphatic heterocycles. The number of hydrogen-bond donors (Lipinski definition) is 2. The van der Waals surface area contributed by atoms with Crippen LogP contribution < -0.4 is 14.2 Å². The van der Waals surface area contributed by atoms with Crippen molar-refractivity contribution >= 4 is 20.9 Å². The lowest BCUT2D eigenvalue weighted by molar-refractivity contribution is 0.404. The lowest BCUT2D eigenvalue weighted by atomic mass is 10.0.